The first-order chi connectivity index (χ1) is 15.4. The van der Waals surface area contributed by atoms with E-state index in [1.165, 1.54) is 21.3 Å². The Hall–Kier alpha value is -3.26. The Kier molecular flexibility index (Phi) is 9.81. The normalized spacial score (nSPS) is 10.6. The molecule has 0 atom stereocenters. The van der Waals surface area contributed by atoms with Gasteiger partial charge in [-0.2, -0.15) is 0 Å². The summed E-state index contributed by atoms with van der Waals surface area (Å²) in [4.78, 5) is 27.0. The summed E-state index contributed by atoms with van der Waals surface area (Å²) >= 11 is 0. The van der Waals surface area contributed by atoms with E-state index in [9.17, 15) is 9.59 Å². The van der Waals surface area contributed by atoms with Crippen LogP contribution in [0.5, 0.6) is 17.2 Å². The lowest BCUT2D eigenvalue weighted by molar-refractivity contribution is -0.119. The Labute approximate surface area is 189 Å². The number of rotatable bonds is 12. The van der Waals surface area contributed by atoms with Crippen molar-refractivity contribution in [2.75, 3.05) is 51.6 Å². The predicted octanol–water partition coefficient (Wildman–Crippen LogP) is 3.70. The van der Waals surface area contributed by atoms with Gasteiger partial charge >= 0.3 is 0 Å². The predicted molar refractivity (Wildman–Crippen MR) is 126 cm³/mol. The van der Waals surface area contributed by atoms with Crippen molar-refractivity contribution < 1.29 is 23.8 Å². The van der Waals surface area contributed by atoms with E-state index >= 15 is 0 Å². The summed E-state index contributed by atoms with van der Waals surface area (Å²) in [6.07, 6.45) is 1.13. The average Bonchev–Trinajstić information content (AvgIpc) is 2.78. The number of methoxy groups -OCH3 is 3. The molecule has 2 aromatic carbocycles. The largest absolute Gasteiger partial charge is 0.493 e. The van der Waals surface area contributed by atoms with Crippen molar-refractivity contribution in [2.24, 2.45) is 0 Å². The van der Waals surface area contributed by atoms with E-state index in [-0.39, 0.29) is 24.8 Å². The minimum Gasteiger partial charge on any atom is -0.493 e. The number of nitrogens with one attached hydrogen (secondary N) is 2. The third-order valence-electron chi connectivity index (χ3n) is 4.93. The van der Waals surface area contributed by atoms with Gasteiger partial charge in [-0.05, 0) is 31.5 Å². The lowest BCUT2D eigenvalue weighted by Gasteiger charge is -2.21. The third kappa shape index (κ3) is 7.16. The number of hydrogen-bond acceptors (Lipinski definition) is 6. The van der Waals surface area contributed by atoms with Crippen LogP contribution in [-0.4, -0.2) is 57.7 Å². The van der Waals surface area contributed by atoms with Gasteiger partial charge < -0.3 is 24.8 Å². The maximum Gasteiger partial charge on any atom is 0.238 e. The number of benzene rings is 2. The number of nitrogens with zero attached hydrogens (tertiary/aromatic N) is 1. The van der Waals surface area contributed by atoms with Crippen molar-refractivity contribution in [3.05, 3.63) is 42.0 Å². The molecule has 0 saturated carbocycles. The van der Waals surface area contributed by atoms with E-state index in [4.69, 9.17) is 14.2 Å². The molecule has 0 aliphatic rings. The monoisotopic (exact) mass is 443 g/mol. The molecule has 2 N–H and O–H groups in total. The van der Waals surface area contributed by atoms with Crippen LogP contribution in [0.15, 0.2) is 36.4 Å². The highest BCUT2D eigenvalue weighted by Crippen LogP contribution is 2.39. The molecule has 0 radical (unpaired) electrons. The van der Waals surface area contributed by atoms with Crippen LogP contribution in [0.25, 0.3) is 0 Å². The van der Waals surface area contributed by atoms with Gasteiger partial charge in [0.15, 0.2) is 11.5 Å². The number of para-hydroxylation sites is 1. The van der Waals surface area contributed by atoms with Crippen LogP contribution in [0.2, 0.25) is 0 Å². The second kappa shape index (κ2) is 12.6. The minimum atomic E-state index is -0.167. The van der Waals surface area contributed by atoms with E-state index in [0.29, 0.717) is 29.5 Å². The summed E-state index contributed by atoms with van der Waals surface area (Å²) in [6.45, 7) is 5.40. The Morgan fingerprint density at radius 2 is 1.56 bits per heavy atom. The first kappa shape index (κ1) is 25.0. The molecule has 2 amide bonds. The van der Waals surface area contributed by atoms with Gasteiger partial charge in [-0.1, -0.05) is 25.1 Å². The molecular weight excluding hydrogens is 410 g/mol. The molecule has 8 heteroatoms. The van der Waals surface area contributed by atoms with Gasteiger partial charge in [0, 0.05) is 36.5 Å². The first-order valence-corrected chi connectivity index (χ1v) is 10.6. The molecule has 0 aliphatic carbocycles. The van der Waals surface area contributed by atoms with Crippen LogP contribution in [0.3, 0.4) is 0 Å². The number of carbonyl (C=O) groups excluding carboxylic acids is 2. The van der Waals surface area contributed by atoms with Crippen molar-refractivity contribution in [1.29, 1.82) is 0 Å². The highest BCUT2D eigenvalue weighted by molar-refractivity contribution is 5.93. The molecule has 0 saturated heterocycles. The van der Waals surface area contributed by atoms with Crippen LogP contribution in [0.1, 0.15) is 25.3 Å². The van der Waals surface area contributed by atoms with Crippen molar-refractivity contribution in [2.45, 2.75) is 26.7 Å². The van der Waals surface area contributed by atoms with Gasteiger partial charge in [0.2, 0.25) is 17.6 Å². The minimum absolute atomic E-state index is 0.0993. The van der Waals surface area contributed by atoms with Gasteiger partial charge in [-0.15, -0.1) is 0 Å². The Morgan fingerprint density at radius 3 is 2.12 bits per heavy atom. The van der Waals surface area contributed by atoms with Crippen molar-refractivity contribution in [3.63, 3.8) is 0 Å². The maximum atomic E-state index is 12.5. The molecular formula is C24H33N3O5. The van der Waals surface area contributed by atoms with Crippen LogP contribution in [-0.2, 0) is 9.59 Å². The fourth-order valence-corrected chi connectivity index (χ4v) is 3.33. The molecule has 0 spiro atoms. The van der Waals surface area contributed by atoms with Gasteiger partial charge in [0.1, 0.15) is 0 Å². The van der Waals surface area contributed by atoms with Crippen molar-refractivity contribution in [3.8, 4) is 17.2 Å². The molecule has 0 aliphatic heterocycles. The quantitative estimate of drug-likeness (QED) is 0.520. The molecule has 0 fully saturated rings. The second-order valence-electron chi connectivity index (χ2n) is 7.35. The van der Waals surface area contributed by atoms with Gasteiger partial charge in [0.25, 0.3) is 0 Å². The van der Waals surface area contributed by atoms with Gasteiger partial charge in [-0.3, -0.25) is 14.5 Å². The topological polar surface area (TPSA) is 89.1 Å². The highest BCUT2D eigenvalue weighted by Gasteiger charge is 2.16. The van der Waals surface area contributed by atoms with Crippen LogP contribution < -0.4 is 24.8 Å². The number of amides is 2. The molecule has 0 aromatic heterocycles. The first-order valence-electron chi connectivity index (χ1n) is 10.6. The molecule has 8 nitrogen and oxygen atoms in total. The number of ether oxygens (including phenoxy) is 3. The number of anilines is 2. The molecule has 0 bridgehead atoms. The zero-order chi connectivity index (χ0) is 23.5. The second-order valence-corrected chi connectivity index (χ2v) is 7.35. The molecule has 2 aromatic rings. The summed E-state index contributed by atoms with van der Waals surface area (Å²) in [7, 11) is 4.57. The zero-order valence-electron chi connectivity index (χ0n) is 19.5. The SMILES string of the molecule is CCCN(CCC(=O)Nc1cc(OC)c(OC)c(OC)c1)CC(=O)Nc1ccccc1C. The summed E-state index contributed by atoms with van der Waals surface area (Å²) in [6, 6.07) is 11.0. The van der Waals surface area contributed by atoms with Crippen LogP contribution >= 0.6 is 0 Å². The van der Waals surface area contributed by atoms with E-state index in [1.54, 1.807) is 12.1 Å². The highest BCUT2D eigenvalue weighted by atomic mass is 16.5. The van der Waals surface area contributed by atoms with E-state index in [1.807, 2.05) is 43.0 Å². The average molecular weight is 444 g/mol. The fourth-order valence-electron chi connectivity index (χ4n) is 3.33. The summed E-state index contributed by atoms with van der Waals surface area (Å²) < 4.78 is 15.9. The maximum absolute atomic E-state index is 12.5. The lowest BCUT2D eigenvalue weighted by Crippen LogP contribution is -2.36. The van der Waals surface area contributed by atoms with Crippen molar-refractivity contribution >= 4 is 23.2 Å². The Bertz CT molecular complexity index is 891. The fraction of sp³-hybridized carbons (Fsp3) is 0.417. The third-order valence-corrected chi connectivity index (χ3v) is 4.93. The van der Waals surface area contributed by atoms with E-state index in [0.717, 1.165) is 24.2 Å². The standard InChI is InChI=1S/C24H33N3O5/c1-6-12-27(16-23(29)26-19-10-8-7-9-17(19)2)13-11-22(28)25-18-14-20(30-3)24(32-5)21(15-18)31-4/h7-10,14-15H,6,11-13,16H2,1-5H3,(H,25,28)(H,26,29). The molecule has 0 unspecified atom stereocenters. The Morgan fingerprint density at radius 1 is 0.906 bits per heavy atom. The van der Waals surface area contributed by atoms with Gasteiger partial charge in [0.05, 0.1) is 27.9 Å². The summed E-state index contributed by atoms with van der Waals surface area (Å²) in [5.74, 6) is 1.12. The zero-order valence-corrected chi connectivity index (χ0v) is 19.5. The molecule has 32 heavy (non-hydrogen) atoms. The van der Waals surface area contributed by atoms with Crippen molar-refractivity contribution in [1.82, 2.24) is 4.90 Å². The Balaban J connectivity index is 1.95. The van der Waals surface area contributed by atoms with Crippen LogP contribution in [0.4, 0.5) is 11.4 Å². The summed E-state index contributed by atoms with van der Waals surface area (Å²) in [5.41, 5.74) is 2.35. The number of aryl methyl sites for hydroxylation is 1. The molecule has 174 valence electrons. The van der Waals surface area contributed by atoms with Gasteiger partial charge in [-0.25, -0.2) is 0 Å². The van der Waals surface area contributed by atoms with E-state index < -0.39 is 0 Å². The summed E-state index contributed by atoms with van der Waals surface area (Å²) in [5, 5.41) is 5.80. The molecule has 2 rings (SSSR count). The number of carbonyl (C=O) groups is 2. The van der Waals surface area contributed by atoms with E-state index in [2.05, 4.69) is 10.6 Å². The number of hydrogen-bond donors (Lipinski definition) is 2. The smallest absolute Gasteiger partial charge is 0.238 e. The lowest BCUT2D eigenvalue weighted by atomic mass is 10.2. The van der Waals surface area contributed by atoms with Crippen LogP contribution in [0, 0.1) is 6.92 Å². The molecule has 0 heterocycles.